The van der Waals surface area contributed by atoms with Crippen molar-refractivity contribution >= 4 is 44.5 Å². The number of hydrogen-bond donors (Lipinski definition) is 0. The Kier molecular flexibility index (Phi) is 5.74. The van der Waals surface area contributed by atoms with Gasteiger partial charge in [0.15, 0.2) is 0 Å². The molecule has 0 bridgehead atoms. The Morgan fingerprint density at radius 3 is 2.82 bits per heavy atom. The minimum absolute atomic E-state index is 0.0568. The van der Waals surface area contributed by atoms with E-state index < -0.39 is 0 Å². The lowest BCUT2D eigenvalue weighted by molar-refractivity contribution is 0.0728. The SMILES string of the molecule is CCCn1c(CN(CC2CC2)C(=O)c2cccc(Br)c2)nc2ccc(Cl)cc21. The number of benzene rings is 2. The van der Waals surface area contributed by atoms with Crippen LogP contribution in [0.4, 0.5) is 0 Å². The van der Waals surface area contributed by atoms with Gasteiger partial charge in [0.05, 0.1) is 17.6 Å². The summed E-state index contributed by atoms with van der Waals surface area (Å²) in [7, 11) is 0. The number of amides is 1. The molecule has 1 fully saturated rings. The van der Waals surface area contributed by atoms with E-state index in [4.69, 9.17) is 16.6 Å². The van der Waals surface area contributed by atoms with Crippen LogP contribution < -0.4 is 0 Å². The van der Waals surface area contributed by atoms with Crippen LogP contribution in [0.15, 0.2) is 46.9 Å². The Morgan fingerprint density at radius 2 is 2.11 bits per heavy atom. The molecule has 4 nitrogen and oxygen atoms in total. The molecule has 3 aromatic rings. The second-order valence-corrected chi connectivity index (χ2v) is 8.80. The van der Waals surface area contributed by atoms with Gasteiger partial charge in [-0.15, -0.1) is 0 Å². The van der Waals surface area contributed by atoms with Crippen molar-refractivity contribution in [3.05, 3.63) is 63.3 Å². The van der Waals surface area contributed by atoms with Gasteiger partial charge in [0, 0.05) is 28.1 Å². The number of halogens is 2. The molecule has 2 aromatic carbocycles. The van der Waals surface area contributed by atoms with Crippen LogP contribution in [0.25, 0.3) is 11.0 Å². The van der Waals surface area contributed by atoms with Gasteiger partial charge in [-0.2, -0.15) is 0 Å². The molecule has 6 heteroatoms. The van der Waals surface area contributed by atoms with E-state index >= 15 is 0 Å². The number of rotatable bonds is 7. The zero-order valence-electron chi connectivity index (χ0n) is 15.9. The number of aromatic nitrogens is 2. The first-order valence-electron chi connectivity index (χ1n) is 9.74. The molecule has 1 aliphatic carbocycles. The fraction of sp³-hybridized carbons (Fsp3) is 0.364. The van der Waals surface area contributed by atoms with Crippen molar-refractivity contribution in [1.29, 1.82) is 0 Å². The van der Waals surface area contributed by atoms with Crippen LogP contribution in [-0.4, -0.2) is 26.9 Å². The molecule has 1 aliphatic rings. The van der Waals surface area contributed by atoms with Gasteiger partial charge in [0.2, 0.25) is 0 Å². The molecule has 4 rings (SSSR count). The molecule has 0 aliphatic heterocycles. The summed E-state index contributed by atoms with van der Waals surface area (Å²) in [5.41, 5.74) is 2.66. The standard InChI is InChI=1S/C22H23BrClN3O/c1-2-10-27-20-12-18(24)8-9-19(20)25-21(27)14-26(13-15-6-7-15)22(28)16-4-3-5-17(23)11-16/h3-5,8-9,11-12,15H,2,6-7,10,13-14H2,1H3. The van der Waals surface area contributed by atoms with Gasteiger partial charge in [-0.25, -0.2) is 4.98 Å². The molecule has 0 atom stereocenters. The number of aryl methyl sites for hydroxylation is 1. The van der Waals surface area contributed by atoms with Crippen molar-refractivity contribution in [2.24, 2.45) is 5.92 Å². The van der Waals surface area contributed by atoms with Gasteiger partial charge >= 0.3 is 0 Å². The molecule has 146 valence electrons. The van der Waals surface area contributed by atoms with Crippen molar-refractivity contribution in [3.8, 4) is 0 Å². The Morgan fingerprint density at radius 1 is 1.29 bits per heavy atom. The zero-order chi connectivity index (χ0) is 19.7. The Balaban J connectivity index is 1.68. The maximum Gasteiger partial charge on any atom is 0.254 e. The summed E-state index contributed by atoms with van der Waals surface area (Å²) < 4.78 is 3.12. The number of imidazole rings is 1. The van der Waals surface area contributed by atoms with Gasteiger partial charge in [-0.1, -0.05) is 40.5 Å². The normalized spacial score (nSPS) is 13.8. The highest BCUT2D eigenvalue weighted by molar-refractivity contribution is 9.10. The molecule has 0 spiro atoms. The van der Waals surface area contributed by atoms with Crippen molar-refractivity contribution in [2.75, 3.05) is 6.54 Å². The van der Waals surface area contributed by atoms with Crippen molar-refractivity contribution in [3.63, 3.8) is 0 Å². The molecule has 1 heterocycles. The van der Waals surface area contributed by atoms with Crippen LogP contribution in [0.3, 0.4) is 0 Å². The molecule has 0 radical (unpaired) electrons. The Hall–Kier alpha value is -1.85. The summed E-state index contributed by atoms with van der Waals surface area (Å²) in [5.74, 6) is 1.58. The van der Waals surface area contributed by atoms with E-state index in [9.17, 15) is 4.79 Å². The summed E-state index contributed by atoms with van der Waals surface area (Å²) in [5, 5.41) is 0.705. The highest BCUT2D eigenvalue weighted by Gasteiger charge is 2.28. The van der Waals surface area contributed by atoms with E-state index in [2.05, 4.69) is 27.4 Å². The molecular weight excluding hydrogens is 438 g/mol. The molecule has 0 N–H and O–H groups in total. The second kappa shape index (κ2) is 8.26. The van der Waals surface area contributed by atoms with Crippen molar-refractivity contribution < 1.29 is 4.79 Å². The van der Waals surface area contributed by atoms with Crippen LogP contribution >= 0.6 is 27.5 Å². The molecule has 1 saturated carbocycles. The van der Waals surface area contributed by atoms with Gasteiger partial charge < -0.3 is 9.47 Å². The van der Waals surface area contributed by atoms with Crippen LogP contribution in [0.1, 0.15) is 42.4 Å². The summed E-state index contributed by atoms with van der Waals surface area (Å²) in [6, 6.07) is 13.4. The fourth-order valence-corrected chi connectivity index (χ4v) is 4.11. The highest BCUT2D eigenvalue weighted by atomic mass is 79.9. The Bertz CT molecular complexity index is 1010. The van der Waals surface area contributed by atoms with Crippen molar-refractivity contribution in [2.45, 2.75) is 39.3 Å². The number of nitrogens with zero attached hydrogens (tertiary/aromatic N) is 3. The lowest BCUT2D eigenvalue weighted by Gasteiger charge is -2.23. The fourth-order valence-electron chi connectivity index (χ4n) is 3.55. The molecule has 28 heavy (non-hydrogen) atoms. The van der Waals surface area contributed by atoms with Crippen LogP contribution in [0.5, 0.6) is 0 Å². The van der Waals surface area contributed by atoms with E-state index in [-0.39, 0.29) is 5.91 Å². The lowest BCUT2D eigenvalue weighted by Crippen LogP contribution is -2.33. The number of carbonyl (C=O) groups is 1. The third kappa shape index (κ3) is 4.26. The summed E-state index contributed by atoms with van der Waals surface area (Å²) >= 11 is 9.69. The third-order valence-electron chi connectivity index (χ3n) is 5.10. The number of hydrogen-bond acceptors (Lipinski definition) is 2. The van der Waals surface area contributed by atoms with Crippen LogP contribution in [0, 0.1) is 5.92 Å². The second-order valence-electron chi connectivity index (χ2n) is 7.45. The molecule has 1 amide bonds. The Labute approximate surface area is 178 Å². The summed E-state index contributed by atoms with van der Waals surface area (Å²) in [6.07, 6.45) is 3.39. The predicted molar refractivity (Wildman–Crippen MR) is 117 cm³/mol. The van der Waals surface area contributed by atoms with Gasteiger partial charge in [0.25, 0.3) is 5.91 Å². The molecule has 0 unspecified atom stereocenters. The van der Waals surface area contributed by atoms with E-state index in [1.165, 1.54) is 12.8 Å². The monoisotopic (exact) mass is 459 g/mol. The first-order chi connectivity index (χ1) is 13.5. The minimum atomic E-state index is 0.0568. The highest BCUT2D eigenvalue weighted by Crippen LogP contribution is 2.31. The first kappa shape index (κ1) is 19.5. The average Bonchev–Trinajstić information content (AvgIpc) is 3.44. The lowest BCUT2D eigenvalue weighted by atomic mass is 10.2. The maximum atomic E-state index is 13.3. The number of carbonyl (C=O) groups excluding carboxylic acids is 1. The van der Waals surface area contributed by atoms with Crippen LogP contribution in [-0.2, 0) is 13.1 Å². The van der Waals surface area contributed by atoms with Gasteiger partial charge in [-0.05, 0) is 61.6 Å². The van der Waals surface area contributed by atoms with E-state index in [0.29, 0.717) is 23.0 Å². The quantitative estimate of drug-likeness (QED) is 0.439. The first-order valence-corrected chi connectivity index (χ1v) is 10.9. The smallest absolute Gasteiger partial charge is 0.254 e. The van der Waals surface area contributed by atoms with Gasteiger partial charge in [-0.3, -0.25) is 4.79 Å². The minimum Gasteiger partial charge on any atom is -0.331 e. The van der Waals surface area contributed by atoms with E-state index in [1.54, 1.807) is 0 Å². The summed E-state index contributed by atoms with van der Waals surface area (Å²) in [4.78, 5) is 20.0. The molecule has 1 aromatic heterocycles. The topological polar surface area (TPSA) is 38.1 Å². The predicted octanol–water partition coefficient (Wildman–Crippen LogP) is 5.91. The third-order valence-corrected chi connectivity index (χ3v) is 5.83. The largest absolute Gasteiger partial charge is 0.331 e. The van der Waals surface area contributed by atoms with Crippen LogP contribution in [0.2, 0.25) is 5.02 Å². The molecule has 0 saturated heterocycles. The summed E-state index contributed by atoms with van der Waals surface area (Å²) in [6.45, 7) is 4.29. The van der Waals surface area contributed by atoms with Crippen molar-refractivity contribution in [1.82, 2.24) is 14.5 Å². The van der Waals surface area contributed by atoms with E-state index in [0.717, 1.165) is 40.8 Å². The van der Waals surface area contributed by atoms with E-state index in [1.807, 2.05) is 47.4 Å². The van der Waals surface area contributed by atoms with Gasteiger partial charge in [0.1, 0.15) is 5.82 Å². The molecular formula is C22H23BrClN3O. The average molecular weight is 461 g/mol. The number of fused-ring (bicyclic) bond motifs is 1. The zero-order valence-corrected chi connectivity index (χ0v) is 18.2. The maximum absolute atomic E-state index is 13.3.